The molecule has 0 unspecified atom stereocenters. The van der Waals surface area contributed by atoms with E-state index in [0.29, 0.717) is 0 Å². The van der Waals surface area contributed by atoms with E-state index in [0.717, 1.165) is 0 Å². The molecule has 0 spiro atoms. The highest BCUT2D eigenvalue weighted by Crippen LogP contribution is 2.26. The van der Waals surface area contributed by atoms with Crippen LogP contribution in [0, 0.1) is 0 Å². The summed E-state index contributed by atoms with van der Waals surface area (Å²) in [6.45, 7) is -3.15. The maximum absolute atomic E-state index is 7.56. The Morgan fingerprint density at radius 1 is 0.688 bits per heavy atom. The quantitative estimate of drug-likeness (QED) is 0.336. The molecular weight excluding hydrogens is 294 g/mol. The second-order valence-corrected chi connectivity index (χ2v) is 7.73. The highest BCUT2D eigenvalue weighted by molar-refractivity contribution is 8.06. The fraction of sp³-hybridized carbons (Fsp3) is 1.00. The van der Waals surface area contributed by atoms with Gasteiger partial charge >= 0.3 is 13.4 Å². The Bertz CT molecular complexity index is 185. The first-order valence-corrected chi connectivity index (χ1v) is 9.80. The first kappa shape index (κ1) is 22.3. The molecule has 0 atom stereocenters. The van der Waals surface area contributed by atoms with Crippen molar-refractivity contribution in [1.29, 1.82) is 0 Å². The highest BCUT2D eigenvalue weighted by Gasteiger charge is 1.92. The third-order valence-electron chi connectivity index (χ3n) is 0.957. The van der Waals surface area contributed by atoms with Gasteiger partial charge in [-0.05, 0) is 23.6 Å². The Balaban J connectivity index is -0.000000160. The van der Waals surface area contributed by atoms with E-state index < -0.39 is 13.4 Å². The van der Waals surface area contributed by atoms with Crippen LogP contribution >= 0.6 is 13.4 Å². The van der Waals surface area contributed by atoms with E-state index in [2.05, 4.69) is 37.5 Å². The molecule has 0 aromatic rings. The lowest BCUT2D eigenvalue weighted by Gasteiger charge is -1.88. The summed E-state index contributed by atoms with van der Waals surface area (Å²) in [6.07, 6.45) is 5.54. The van der Waals surface area contributed by atoms with Crippen molar-refractivity contribution in [2.45, 2.75) is 39.5 Å². The highest BCUT2D eigenvalue weighted by atomic mass is 32.5. The van der Waals surface area contributed by atoms with Gasteiger partial charge in [-0.1, -0.05) is 39.5 Å². The fourth-order valence-corrected chi connectivity index (χ4v) is 0.500. The van der Waals surface area contributed by atoms with Crippen molar-refractivity contribution >= 4 is 37.1 Å². The lowest BCUT2D eigenvalue weighted by Crippen LogP contribution is -1.66. The standard InChI is InChI=1S/C6H14.2H3O3PS/c1-3-5-6-4-2;2*1-4(2,3)5/h3-6H2,1-2H3;2*(H3,1,2,3,5). The van der Waals surface area contributed by atoms with Crippen LogP contribution in [0.3, 0.4) is 0 Å². The Morgan fingerprint density at radius 3 is 0.875 bits per heavy atom. The third-order valence-corrected chi connectivity index (χ3v) is 0.957. The van der Waals surface area contributed by atoms with Crippen molar-refractivity contribution in [2.75, 3.05) is 0 Å². The molecule has 0 rings (SSSR count). The first-order valence-electron chi connectivity index (χ1n) is 4.48. The summed E-state index contributed by atoms with van der Waals surface area (Å²) in [5.41, 5.74) is 0. The maximum atomic E-state index is 7.56. The molecular formula is C6H20O6P2S2. The number of unbranched alkanes of at least 4 members (excludes halogenated alkanes) is 3. The van der Waals surface area contributed by atoms with Gasteiger partial charge in [0.15, 0.2) is 0 Å². The van der Waals surface area contributed by atoms with Crippen molar-refractivity contribution in [2.24, 2.45) is 0 Å². The van der Waals surface area contributed by atoms with Crippen LogP contribution < -0.4 is 0 Å². The summed E-state index contributed by atoms with van der Waals surface area (Å²) >= 11 is 7.21. The molecule has 0 saturated heterocycles. The zero-order chi connectivity index (χ0) is 13.8. The van der Waals surface area contributed by atoms with Gasteiger partial charge in [-0.3, -0.25) is 0 Å². The lowest BCUT2D eigenvalue weighted by molar-refractivity contribution is 0.361. The fourth-order valence-electron chi connectivity index (χ4n) is 0.500. The normalized spacial score (nSPS) is 10.8. The molecule has 16 heavy (non-hydrogen) atoms. The minimum Gasteiger partial charge on any atom is -0.325 e. The number of rotatable bonds is 3. The molecule has 6 nitrogen and oxygen atoms in total. The minimum atomic E-state index is -3.81. The van der Waals surface area contributed by atoms with Gasteiger partial charge in [0.1, 0.15) is 0 Å². The summed E-state index contributed by atoms with van der Waals surface area (Å²) in [6, 6.07) is 0. The molecule has 0 aliphatic heterocycles. The van der Waals surface area contributed by atoms with E-state index in [1.165, 1.54) is 25.7 Å². The maximum Gasteiger partial charge on any atom is 0.319 e. The molecule has 6 N–H and O–H groups in total. The lowest BCUT2D eigenvalue weighted by atomic mass is 10.2. The number of hydrogen-bond acceptors (Lipinski definition) is 2. The van der Waals surface area contributed by atoms with Crippen LogP contribution in [0.4, 0.5) is 0 Å². The zero-order valence-electron chi connectivity index (χ0n) is 9.22. The molecule has 0 heterocycles. The van der Waals surface area contributed by atoms with E-state index in [4.69, 9.17) is 29.4 Å². The van der Waals surface area contributed by atoms with E-state index in [-0.39, 0.29) is 0 Å². The molecule has 0 radical (unpaired) electrons. The Hall–Kier alpha value is 1.06. The van der Waals surface area contributed by atoms with Gasteiger partial charge in [-0.15, -0.1) is 0 Å². The predicted octanol–water partition coefficient (Wildman–Crippen LogP) is 0.962. The Morgan fingerprint density at radius 2 is 0.812 bits per heavy atom. The van der Waals surface area contributed by atoms with E-state index in [1.807, 2.05) is 0 Å². The molecule has 0 fully saturated rings. The van der Waals surface area contributed by atoms with Gasteiger partial charge < -0.3 is 29.4 Å². The van der Waals surface area contributed by atoms with E-state index in [1.54, 1.807) is 0 Å². The summed E-state index contributed by atoms with van der Waals surface area (Å²) in [4.78, 5) is 45.3. The van der Waals surface area contributed by atoms with Crippen LogP contribution in [0.5, 0.6) is 0 Å². The smallest absolute Gasteiger partial charge is 0.319 e. The van der Waals surface area contributed by atoms with Crippen LogP contribution in [-0.4, -0.2) is 29.4 Å². The van der Waals surface area contributed by atoms with Crippen molar-refractivity contribution in [3.05, 3.63) is 0 Å². The second-order valence-electron chi connectivity index (χ2n) is 2.73. The van der Waals surface area contributed by atoms with Crippen molar-refractivity contribution < 1.29 is 29.4 Å². The molecule has 10 heteroatoms. The Labute approximate surface area is 106 Å². The predicted molar refractivity (Wildman–Crippen MR) is 71.7 cm³/mol. The average molecular weight is 314 g/mol. The van der Waals surface area contributed by atoms with E-state index in [9.17, 15) is 0 Å². The first-order chi connectivity index (χ1) is 6.91. The monoisotopic (exact) mass is 314 g/mol. The number of hydrogen-bond donors (Lipinski definition) is 6. The van der Waals surface area contributed by atoms with Crippen LogP contribution in [-0.2, 0) is 23.6 Å². The molecule has 0 aromatic carbocycles. The molecule has 0 amide bonds. The van der Waals surface area contributed by atoms with Gasteiger partial charge in [-0.2, -0.15) is 0 Å². The van der Waals surface area contributed by atoms with Crippen LogP contribution in [0.15, 0.2) is 0 Å². The van der Waals surface area contributed by atoms with Gasteiger partial charge in [0.2, 0.25) is 0 Å². The van der Waals surface area contributed by atoms with Crippen molar-refractivity contribution in [3.63, 3.8) is 0 Å². The zero-order valence-corrected chi connectivity index (χ0v) is 12.6. The van der Waals surface area contributed by atoms with Gasteiger partial charge in [0.25, 0.3) is 0 Å². The van der Waals surface area contributed by atoms with Crippen LogP contribution in [0.25, 0.3) is 0 Å². The van der Waals surface area contributed by atoms with Crippen molar-refractivity contribution in [1.82, 2.24) is 0 Å². The average Bonchev–Trinajstić information content (AvgIpc) is 1.94. The van der Waals surface area contributed by atoms with Crippen LogP contribution in [0.2, 0.25) is 0 Å². The largest absolute Gasteiger partial charge is 0.325 e. The SMILES string of the molecule is CCCCCC.OP(O)(O)=S.OP(O)(O)=S. The van der Waals surface area contributed by atoms with E-state index >= 15 is 0 Å². The third kappa shape index (κ3) is 181. The molecule has 0 bridgehead atoms. The molecule has 0 saturated carbocycles. The van der Waals surface area contributed by atoms with Gasteiger partial charge in [0, 0.05) is 0 Å². The molecule has 0 aromatic heterocycles. The van der Waals surface area contributed by atoms with Crippen LogP contribution in [0.1, 0.15) is 39.5 Å². The molecule has 0 aliphatic carbocycles. The molecule has 102 valence electrons. The second kappa shape index (κ2) is 12.5. The topological polar surface area (TPSA) is 121 Å². The van der Waals surface area contributed by atoms with Gasteiger partial charge in [0.05, 0.1) is 0 Å². The summed E-state index contributed by atoms with van der Waals surface area (Å²) in [5, 5.41) is 0. The summed E-state index contributed by atoms with van der Waals surface area (Å²) < 4.78 is 0. The minimum absolute atomic E-state index is 1.36. The Kier molecular flexibility index (Phi) is 17.4. The van der Waals surface area contributed by atoms with Gasteiger partial charge in [-0.25, -0.2) is 0 Å². The van der Waals surface area contributed by atoms with Crippen molar-refractivity contribution in [3.8, 4) is 0 Å². The molecule has 0 aliphatic rings. The summed E-state index contributed by atoms with van der Waals surface area (Å²) in [5.74, 6) is 0. The summed E-state index contributed by atoms with van der Waals surface area (Å²) in [7, 11) is 0.